The van der Waals surface area contributed by atoms with E-state index in [-0.39, 0.29) is 24.6 Å². The lowest BCUT2D eigenvalue weighted by Gasteiger charge is -2.25. The number of aryl methyl sites for hydroxylation is 3. The Kier molecular flexibility index (Phi) is 4.47. The van der Waals surface area contributed by atoms with E-state index in [1.54, 1.807) is 4.90 Å². The Morgan fingerprint density at radius 2 is 1.96 bits per heavy atom. The monoisotopic (exact) mass is 341 g/mol. The Hall–Kier alpha value is -2.47. The normalized spacial score (nSPS) is 20.1. The van der Waals surface area contributed by atoms with E-state index in [1.165, 1.54) is 10.7 Å². The summed E-state index contributed by atoms with van der Waals surface area (Å²) in [6.45, 7) is 6.17. The Morgan fingerprint density at radius 3 is 2.68 bits per heavy atom. The summed E-state index contributed by atoms with van der Waals surface area (Å²) in [6.07, 6.45) is 0.485. The molecule has 0 aliphatic carbocycles. The number of hydrogen-bond donors (Lipinski definition) is 1. The maximum Gasteiger partial charge on any atom is 0.267 e. The van der Waals surface area contributed by atoms with Crippen LogP contribution in [0.3, 0.4) is 0 Å². The van der Waals surface area contributed by atoms with Crippen LogP contribution in [-0.2, 0) is 16.9 Å². The van der Waals surface area contributed by atoms with Gasteiger partial charge < -0.3 is 10.0 Å². The lowest BCUT2D eigenvalue weighted by atomic mass is 9.89. The first kappa shape index (κ1) is 17.4. The number of likely N-dealkylation sites (tertiary alicyclic amines) is 1. The first-order chi connectivity index (χ1) is 11.8. The van der Waals surface area contributed by atoms with E-state index >= 15 is 0 Å². The molecule has 1 amide bonds. The molecule has 0 saturated carbocycles. The van der Waals surface area contributed by atoms with Gasteiger partial charge >= 0.3 is 0 Å². The molecule has 25 heavy (non-hydrogen) atoms. The van der Waals surface area contributed by atoms with Crippen LogP contribution in [0.2, 0.25) is 0 Å². The summed E-state index contributed by atoms with van der Waals surface area (Å²) in [6, 6.07) is 9.17. The molecule has 1 aromatic carbocycles. The van der Waals surface area contributed by atoms with Crippen LogP contribution in [0.5, 0.6) is 0 Å². The number of aliphatic hydroxyl groups is 1. The zero-order valence-corrected chi connectivity index (χ0v) is 14.8. The van der Waals surface area contributed by atoms with Gasteiger partial charge in [-0.25, -0.2) is 4.68 Å². The van der Waals surface area contributed by atoms with Gasteiger partial charge in [0.15, 0.2) is 0 Å². The molecular formula is C19H23N3O3. The molecule has 1 atom stereocenters. The molecule has 6 heteroatoms. The van der Waals surface area contributed by atoms with Crippen LogP contribution in [0.4, 0.5) is 0 Å². The van der Waals surface area contributed by atoms with Gasteiger partial charge in [0, 0.05) is 12.6 Å². The van der Waals surface area contributed by atoms with Crippen LogP contribution in [0.1, 0.15) is 28.8 Å². The fourth-order valence-corrected chi connectivity index (χ4v) is 3.34. The largest absolute Gasteiger partial charge is 0.383 e. The average molecular weight is 341 g/mol. The van der Waals surface area contributed by atoms with E-state index in [0.717, 1.165) is 22.4 Å². The summed E-state index contributed by atoms with van der Waals surface area (Å²) in [5.41, 5.74) is 2.07. The fourth-order valence-electron chi connectivity index (χ4n) is 3.34. The van der Waals surface area contributed by atoms with E-state index in [9.17, 15) is 14.7 Å². The summed E-state index contributed by atoms with van der Waals surface area (Å²) in [4.78, 5) is 26.2. The average Bonchev–Trinajstić information content (AvgIpc) is 2.96. The highest BCUT2D eigenvalue weighted by atomic mass is 16.3. The Bertz CT molecular complexity index is 874. The van der Waals surface area contributed by atoms with Crippen molar-refractivity contribution in [1.82, 2.24) is 14.7 Å². The van der Waals surface area contributed by atoms with Gasteiger partial charge in [-0.15, -0.1) is 0 Å². The highest BCUT2D eigenvalue weighted by Gasteiger charge is 2.40. The third kappa shape index (κ3) is 3.35. The molecule has 3 rings (SSSR count). The Labute approximate surface area is 146 Å². The van der Waals surface area contributed by atoms with E-state index in [4.69, 9.17) is 0 Å². The minimum absolute atomic E-state index is 0.107. The number of β-amino-alcohol motifs (C(OH)–C–C–N with tert-alkyl or cyclic N) is 1. The molecule has 1 aliphatic heterocycles. The molecule has 1 aromatic heterocycles. The molecular weight excluding hydrogens is 318 g/mol. The maximum atomic E-state index is 12.6. The fraction of sp³-hybridized carbons (Fsp3) is 0.421. The van der Waals surface area contributed by atoms with Crippen LogP contribution in [0, 0.1) is 20.8 Å². The molecule has 6 nitrogen and oxygen atoms in total. The molecule has 0 bridgehead atoms. The van der Waals surface area contributed by atoms with E-state index < -0.39 is 5.60 Å². The number of carbonyl (C=O) groups excluding carboxylic acids is 1. The standard InChI is InChI=1S/C19H23N3O3/c1-13-6-4-5-7-16(13)19(25)8-9-21(12-19)18(24)11-22-17(23)10-14(2)15(3)20-22/h4-7,10,25H,8-9,11-12H2,1-3H3/t19-/m0/s1. The molecule has 1 aliphatic rings. The smallest absolute Gasteiger partial charge is 0.267 e. The summed E-state index contributed by atoms with van der Waals surface area (Å²) < 4.78 is 1.19. The molecule has 0 unspecified atom stereocenters. The highest BCUT2D eigenvalue weighted by Crippen LogP contribution is 2.33. The third-order valence-corrected chi connectivity index (χ3v) is 4.97. The Morgan fingerprint density at radius 1 is 1.24 bits per heavy atom. The molecule has 2 heterocycles. The minimum atomic E-state index is -1.04. The van der Waals surface area contributed by atoms with E-state index in [2.05, 4.69) is 5.10 Å². The summed E-state index contributed by atoms with van der Waals surface area (Å²) in [5, 5.41) is 15.2. The van der Waals surface area contributed by atoms with Gasteiger partial charge in [0.25, 0.3) is 5.56 Å². The van der Waals surface area contributed by atoms with Crippen molar-refractivity contribution >= 4 is 5.91 Å². The second-order valence-electron chi connectivity index (χ2n) is 6.82. The summed E-state index contributed by atoms with van der Waals surface area (Å²) in [5.74, 6) is -0.206. The number of carbonyl (C=O) groups is 1. The van der Waals surface area contributed by atoms with Gasteiger partial charge in [-0.2, -0.15) is 5.10 Å². The molecule has 1 N–H and O–H groups in total. The molecule has 0 spiro atoms. The Balaban J connectivity index is 1.76. The number of amides is 1. The van der Waals surface area contributed by atoms with Crippen LogP contribution in [0.15, 0.2) is 35.1 Å². The maximum absolute atomic E-state index is 12.6. The van der Waals surface area contributed by atoms with Crippen LogP contribution in [0.25, 0.3) is 0 Å². The van der Waals surface area contributed by atoms with Gasteiger partial charge in [-0.1, -0.05) is 24.3 Å². The quantitative estimate of drug-likeness (QED) is 0.913. The molecule has 1 fully saturated rings. The van der Waals surface area contributed by atoms with Crippen molar-refractivity contribution in [2.45, 2.75) is 39.3 Å². The van der Waals surface area contributed by atoms with E-state index in [1.807, 2.05) is 45.0 Å². The molecule has 132 valence electrons. The number of hydrogen-bond acceptors (Lipinski definition) is 4. The van der Waals surface area contributed by atoms with Gasteiger partial charge in [0.1, 0.15) is 12.1 Å². The summed E-state index contributed by atoms with van der Waals surface area (Å²) >= 11 is 0. The number of aromatic nitrogens is 2. The minimum Gasteiger partial charge on any atom is -0.383 e. The van der Waals surface area contributed by atoms with E-state index in [0.29, 0.717) is 13.0 Å². The number of rotatable bonds is 3. The first-order valence-corrected chi connectivity index (χ1v) is 8.42. The topological polar surface area (TPSA) is 75.4 Å². The molecule has 0 radical (unpaired) electrons. The second-order valence-corrected chi connectivity index (χ2v) is 6.82. The van der Waals surface area contributed by atoms with Crippen molar-refractivity contribution in [2.24, 2.45) is 0 Å². The van der Waals surface area contributed by atoms with Gasteiger partial charge in [0.2, 0.25) is 5.91 Å². The zero-order chi connectivity index (χ0) is 18.2. The van der Waals surface area contributed by atoms with Gasteiger partial charge in [-0.05, 0) is 43.9 Å². The van der Waals surface area contributed by atoms with Crippen molar-refractivity contribution in [3.8, 4) is 0 Å². The van der Waals surface area contributed by atoms with Crippen LogP contribution < -0.4 is 5.56 Å². The highest BCUT2D eigenvalue weighted by molar-refractivity contribution is 5.76. The van der Waals surface area contributed by atoms with Gasteiger partial charge in [-0.3, -0.25) is 9.59 Å². The van der Waals surface area contributed by atoms with Crippen molar-refractivity contribution < 1.29 is 9.90 Å². The lowest BCUT2D eigenvalue weighted by Crippen LogP contribution is -2.39. The lowest BCUT2D eigenvalue weighted by molar-refractivity contribution is -0.132. The van der Waals surface area contributed by atoms with Crippen molar-refractivity contribution in [2.75, 3.05) is 13.1 Å². The second kappa shape index (κ2) is 6.44. The predicted molar refractivity (Wildman–Crippen MR) is 94.2 cm³/mol. The number of benzene rings is 1. The van der Waals surface area contributed by atoms with Gasteiger partial charge in [0.05, 0.1) is 12.2 Å². The van der Waals surface area contributed by atoms with Crippen LogP contribution >= 0.6 is 0 Å². The first-order valence-electron chi connectivity index (χ1n) is 8.42. The van der Waals surface area contributed by atoms with Crippen LogP contribution in [-0.4, -0.2) is 38.8 Å². The molecule has 2 aromatic rings. The predicted octanol–water partition coefficient (Wildman–Crippen LogP) is 1.29. The third-order valence-electron chi connectivity index (χ3n) is 4.97. The van der Waals surface area contributed by atoms with Crippen molar-refractivity contribution in [3.63, 3.8) is 0 Å². The van der Waals surface area contributed by atoms with Crippen molar-refractivity contribution in [1.29, 1.82) is 0 Å². The number of nitrogens with zero attached hydrogens (tertiary/aromatic N) is 3. The SMILES string of the molecule is Cc1ccccc1[C@]1(O)CCN(C(=O)Cn2nc(C)c(C)cc2=O)C1. The molecule has 1 saturated heterocycles. The summed E-state index contributed by atoms with van der Waals surface area (Å²) in [7, 11) is 0. The zero-order valence-electron chi connectivity index (χ0n) is 14.8. The van der Waals surface area contributed by atoms with Crippen molar-refractivity contribution in [3.05, 3.63) is 63.1 Å².